The number of nitrogens with zero attached hydrogens (tertiary/aromatic N) is 1. The molecule has 62 valence electrons. The molecular formula is C5H11F3N2. The van der Waals surface area contributed by atoms with Gasteiger partial charge < -0.3 is 0 Å². The van der Waals surface area contributed by atoms with Gasteiger partial charge in [0.15, 0.2) is 0 Å². The summed E-state index contributed by atoms with van der Waals surface area (Å²) in [5.41, 5.74) is 0. The van der Waals surface area contributed by atoms with Gasteiger partial charge in [-0.1, -0.05) is 0 Å². The zero-order valence-electron chi connectivity index (χ0n) is 6.00. The Balaban J connectivity index is 3.21. The summed E-state index contributed by atoms with van der Waals surface area (Å²) in [6, 6.07) is 0. The molecule has 0 aromatic carbocycles. The fourth-order valence-electron chi connectivity index (χ4n) is 0.421. The lowest BCUT2D eigenvalue weighted by Crippen LogP contribution is -2.35. The Bertz CT molecular complexity index is 89.4. The first-order valence-electron chi connectivity index (χ1n) is 2.84. The van der Waals surface area contributed by atoms with E-state index in [4.69, 9.17) is 0 Å². The van der Waals surface area contributed by atoms with Gasteiger partial charge in [0.25, 0.3) is 0 Å². The van der Waals surface area contributed by atoms with Crippen molar-refractivity contribution in [3.63, 3.8) is 0 Å². The predicted molar refractivity (Wildman–Crippen MR) is 32.6 cm³/mol. The summed E-state index contributed by atoms with van der Waals surface area (Å²) in [5.74, 6) is 0. The van der Waals surface area contributed by atoms with E-state index in [0.717, 1.165) is 0 Å². The molecule has 0 aliphatic rings. The van der Waals surface area contributed by atoms with Crippen LogP contribution in [0.1, 0.15) is 0 Å². The minimum atomic E-state index is -4.10. The number of hydrogen-bond acceptors (Lipinski definition) is 2. The van der Waals surface area contributed by atoms with Crippen molar-refractivity contribution < 1.29 is 13.2 Å². The molecule has 0 fully saturated rings. The topological polar surface area (TPSA) is 15.3 Å². The molecule has 0 aromatic rings. The fraction of sp³-hybridized carbons (Fsp3) is 1.00. The van der Waals surface area contributed by atoms with Crippen LogP contribution in [0.15, 0.2) is 0 Å². The maximum absolute atomic E-state index is 11.4. The van der Waals surface area contributed by atoms with E-state index < -0.39 is 12.7 Å². The zero-order valence-corrected chi connectivity index (χ0v) is 6.00. The molecule has 0 rings (SSSR count). The third-order valence-electron chi connectivity index (χ3n) is 0.753. The van der Waals surface area contributed by atoms with E-state index in [2.05, 4.69) is 5.32 Å². The van der Waals surface area contributed by atoms with E-state index in [1.54, 1.807) is 19.0 Å². The molecule has 0 bridgehead atoms. The summed E-state index contributed by atoms with van der Waals surface area (Å²) in [6.07, 6.45) is -4.10. The number of alkyl halides is 3. The number of rotatable bonds is 3. The number of halogens is 3. The molecule has 0 aliphatic heterocycles. The molecule has 10 heavy (non-hydrogen) atoms. The van der Waals surface area contributed by atoms with E-state index in [1.165, 1.54) is 0 Å². The second kappa shape index (κ2) is 3.78. The Hall–Kier alpha value is -0.290. The summed E-state index contributed by atoms with van der Waals surface area (Å²) >= 11 is 0. The van der Waals surface area contributed by atoms with E-state index in [9.17, 15) is 13.2 Å². The van der Waals surface area contributed by atoms with E-state index >= 15 is 0 Å². The molecule has 0 saturated carbocycles. The molecule has 1 N–H and O–H groups in total. The summed E-state index contributed by atoms with van der Waals surface area (Å²) < 4.78 is 34.3. The quantitative estimate of drug-likeness (QED) is 0.604. The van der Waals surface area contributed by atoms with Crippen LogP contribution in [0.5, 0.6) is 0 Å². The van der Waals surface area contributed by atoms with Gasteiger partial charge >= 0.3 is 6.18 Å². The van der Waals surface area contributed by atoms with Crippen LogP contribution in [0, 0.1) is 0 Å². The van der Waals surface area contributed by atoms with Gasteiger partial charge in [0, 0.05) is 6.67 Å². The lowest BCUT2D eigenvalue weighted by Gasteiger charge is -2.12. The molecule has 0 amide bonds. The second-order valence-electron chi connectivity index (χ2n) is 2.28. The largest absolute Gasteiger partial charge is 0.401 e. The van der Waals surface area contributed by atoms with Crippen LogP contribution in [-0.4, -0.2) is 38.4 Å². The standard InChI is InChI=1S/C5H11F3N2/c1-10(2)4-9-3-5(6,7)8/h9H,3-4H2,1-2H3. The van der Waals surface area contributed by atoms with Gasteiger partial charge in [-0.25, -0.2) is 0 Å². The first kappa shape index (κ1) is 9.71. The molecule has 0 saturated heterocycles. The lowest BCUT2D eigenvalue weighted by molar-refractivity contribution is -0.125. The van der Waals surface area contributed by atoms with Crippen LogP contribution >= 0.6 is 0 Å². The maximum Gasteiger partial charge on any atom is 0.401 e. The second-order valence-corrected chi connectivity index (χ2v) is 2.28. The molecule has 0 aliphatic carbocycles. The van der Waals surface area contributed by atoms with Gasteiger partial charge in [-0.15, -0.1) is 0 Å². The number of hydrogen-bond donors (Lipinski definition) is 1. The average molecular weight is 156 g/mol. The van der Waals surface area contributed by atoms with Crippen LogP contribution in [-0.2, 0) is 0 Å². The van der Waals surface area contributed by atoms with Crippen LogP contribution < -0.4 is 5.32 Å². The third kappa shape index (κ3) is 7.71. The Morgan fingerprint density at radius 1 is 1.30 bits per heavy atom. The normalized spacial score (nSPS) is 12.6. The highest BCUT2D eigenvalue weighted by molar-refractivity contribution is 4.53. The van der Waals surface area contributed by atoms with E-state index in [0.29, 0.717) is 0 Å². The Kier molecular flexibility index (Phi) is 3.67. The van der Waals surface area contributed by atoms with Crippen LogP contribution in [0.2, 0.25) is 0 Å². The van der Waals surface area contributed by atoms with E-state index in [-0.39, 0.29) is 6.67 Å². The predicted octanol–water partition coefficient (Wildman–Crippen LogP) is 0.657. The summed E-state index contributed by atoms with van der Waals surface area (Å²) in [7, 11) is 3.40. The van der Waals surface area contributed by atoms with Crippen molar-refractivity contribution in [2.45, 2.75) is 6.18 Å². The van der Waals surface area contributed by atoms with Gasteiger partial charge in [0.05, 0.1) is 6.54 Å². The molecule has 0 aromatic heterocycles. The molecular weight excluding hydrogens is 145 g/mol. The monoisotopic (exact) mass is 156 g/mol. The zero-order chi connectivity index (χ0) is 8.20. The van der Waals surface area contributed by atoms with Crippen molar-refractivity contribution in [2.24, 2.45) is 0 Å². The van der Waals surface area contributed by atoms with Crippen molar-refractivity contribution in [3.05, 3.63) is 0 Å². The van der Waals surface area contributed by atoms with Crippen molar-refractivity contribution in [3.8, 4) is 0 Å². The Labute approximate surface area is 58.0 Å². The van der Waals surface area contributed by atoms with Crippen molar-refractivity contribution in [2.75, 3.05) is 27.3 Å². The van der Waals surface area contributed by atoms with Crippen molar-refractivity contribution in [1.29, 1.82) is 0 Å². The minimum absolute atomic E-state index is 0.250. The maximum atomic E-state index is 11.4. The average Bonchev–Trinajstić information content (AvgIpc) is 1.59. The van der Waals surface area contributed by atoms with Crippen LogP contribution in [0.3, 0.4) is 0 Å². The van der Waals surface area contributed by atoms with Gasteiger partial charge in [0.1, 0.15) is 0 Å². The van der Waals surface area contributed by atoms with Crippen molar-refractivity contribution >= 4 is 0 Å². The van der Waals surface area contributed by atoms with Crippen molar-refractivity contribution in [1.82, 2.24) is 10.2 Å². The lowest BCUT2D eigenvalue weighted by atomic mass is 10.6. The van der Waals surface area contributed by atoms with Crippen LogP contribution in [0.25, 0.3) is 0 Å². The smallest absolute Gasteiger partial charge is 0.297 e. The van der Waals surface area contributed by atoms with Gasteiger partial charge in [0.2, 0.25) is 0 Å². The summed E-state index contributed by atoms with van der Waals surface area (Å²) in [5, 5.41) is 2.23. The molecule has 0 spiro atoms. The number of nitrogens with one attached hydrogen (secondary N) is 1. The molecule has 0 heterocycles. The highest BCUT2D eigenvalue weighted by atomic mass is 19.4. The molecule has 0 radical (unpaired) electrons. The van der Waals surface area contributed by atoms with E-state index in [1.807, 2.05) is 0 Å². The third-order valence-corrected chi connectivity index (χ3v) is 0.753. The van der Waals surface area contributed by atoms with Gasteiger partial charge in [-0.3, -0.25) is 10.2 Å². The Morgan fingerprint density at radius 3 is 2.10 bits per heavy atom. The fourth-order valence-corrected chi connectivity index (χ4v) is 0.421. The molecule has 5 heteroatoms. The molecule has 0 atom stereocenters. The van der Waals surface area contributed by atoms with Gasteiger partial charge in [-0.2, -0.15) is 13.2 Å². The summed E-state index contributed by atoms with van der Waals surface area (Å²) in [4.78, 5) is 1.63. The highest BCUT2D eigenvalue weighted by Crippen LogP contribution is 2.11. The first-order chi connectivity index (χ1) is 4.42. The van der Waals surface area contributed by atoms with Crippen LogP contribution in [0.4, 0.5) is 13.2 Å². The first-order valence-corrected chi connectivity index (χ1v) is 2.84. The highest BCUT2D eigenvalue weighted by Gasteiger charge is 2.25. The van der Waals surface area contributed by atoms with Gasteiger partial charge in [-0.05, 0) is 14.1 Å². The molecule has 0 unspecified atom stereocenters. The summed E-state index contributed by atoms with van der Waals surface area (Å²) in [6.45, 7) is -0.676. The minimum Gasteiger partial charge on any atom is -0.297 e. The molecule has 2 nitrogen and oxygen atoms in total. The SMILES string of the molecule is CN(C)CNCC(F)(F)F. The Morgan fingerprint density at radius 2 is 1.80 bits per heavy atom.